The summed E-state index contributed by atoms with van der Waals surface area (Å²) in [6.45, 7) is -2.25. The summed E-state index contributed by atoms with van der Waals surface area (Å²) < 4.78 is 2.24. The lowest BCUT2D eigenvalue weighted by Crippen LogP contribution is -2.43. The van der Waals surface area contributed by atoms with Gasteiger partial charge in [0.1, 0.15) is 0 Å². The molecular formula is C17H23N3O9S. The Labute approximate surface area is 177 Å². The molecule has 12 nitrogen and oxygen atoms in total. The number of amides is 1. The van der Waals surface area contributed by atoms with Crippen molar-refractivity contribution in [3.05, 3.63) is 35.9 Å². The highest BCUT2D eigenvalue weighted by molar-refractivity contribution is 7.78. The Balaban J connectivity index is 0.000000696. The lowest BCUT2D eigenvalue weighted by molar-refractivity contribution is -0.145. The molecule has 0 saturated heterocycles. The molecule has 166 valence electrons. The number of nitrogens with one attached hydrogen (secondary N) is 1. The number of carboxylic acid groups (broad SMARTS) is 4. The van der Waals surface area contributed by atoms with Gasteiger partial charge in [-0.2, -0.15) is 0 Å². The van der Waals surface area contributed by atoms with Crippen LogP contribution in [0.15, 0.2) is 30.3 Å². The van der Waals surface area contributed by atoms with Gasteiger partial charge in [-0.1, -0.05) is 31.0 Å². The number of benzene rings is 1. The van der Waals surface area contributed by atoms with Crippen LogP contribution in [0.1, 0.15) is 10.4 Å². The first-order valence-electron chi connectivity index (χ1n) is 8.36. The van der Waals surface area contributed by atoms with Gasteiger partial charge in [0.25, 0.3) is 5.91 Å². The number of hydrogen-bond donors (Lipinski definition) is 6. The number of carboxylic acids is 4. The van der Waals surface area contributed by atoms with Crippen molar-refractivity contribution >= 4 is 42.6 Å². The second-order valence-electron chi connectivity index (χ2n) is 5.80. The molecule has 0 aliphatic rings. The highest BCUT2D eigenvalue weighted by Gasteiger charge is 2.18. The van der Waals surface area contributed by atoms with E-state index in [-0.39, 0.29) is 19.0 Å². The van der Waals surface area contributed by atoms with Crippen LogP contribution in [0.4, 0.5) is 0 Å². The van der Waals surface area contributed by atoms with E-state index in [1.54, 1.807) is 24.3 Å². The van der Waals surface area contributed by atoms with Gasteiger partial charge in [0.2, 0.25) is 0 Å². The van der Waals surface area contributed by atoms with Gasteiger partial charge in [0, 0.05) is 18.7 Å². The van der Waals surface area contributed by atoms with E-state index in [0.29, 0.717) is 5.56 Å². The Hall–Kier alpha value is -3.16. The topological polar surface area (TPSA) is 185 Å². The average molecular weight is 445 g/mol. The standard InChI is InChI=1S/C10H16N2O8.C7H7NOS/c13-7(14)3-11(4-8(15)16)1-2-12(5-9(17)18)6-10(19)20;9-7(8-10)6-4-2-1-3-5-6/h1-6H2,(H,13,14)(H,15,16)(H,17,18)(H,19,20);1-5,10H,(H,8,9). The summed E-state index contributed by atoms with van der Waals surface area (Å²) in [4.78, 5) is 55.2. The second-order valence-corrected chi connectivity index (χ2v) is 6.03. The Morgan fingerprint density at radius 1 is 0.700 bits per heavy atom. The van der Waals surface area contributed by atoms with Gasteiger partial charge in [-0.25, -0.2) is 0 Å². The molecule has 13 heteroatoms. The highest BCUT2D eigenvalue weighted by atomic mass is 32.1. The van der Waals surface area contributed by atoms with E-state index in [1.165, 1.54) is 0 Å². The van der Waals surface area contributed by atoms with Gasteiger partial charge < -0.3 is 20.4 Å². The quantitative estimate of drug-likeness (QED) is 0.221. The van der Waals surface area contributed by atoms with E-state index in [1.807, 2.05) is 6.07 Å². The van der Waals surface area contributed by atoms with Crippen LogP contribution < -0.4 is 4.72 Å². The lowest BCUT2D eigenvalue weighted by atomic mass is 10.2. The Morgan fingerprint density at radius 3 is 1.30 bits per heavy atom. The molecule has 30 heavy (non-hydrogen) atoms. The smallest absolute Gasteiger partial charge is 0.317 e. The molecule has 5 N–H and O–H groups in total. The third-order valence-corrected chi connectivity index (χ3v) is 3.51. The molecule has 0 saturated carbocycles. The Bertz CT molecular complexity index is 662. The zero-order valence-corrected chi connectivity index (χ0v) is 16.7. The molecule has 1 aromatic carbocycles. The normalized spacial score (nSPS) is 10.1. The number of rotatable bonds is 12. The summed E-state index contributed by atoms with van der Waals surface area (Å²) in [5, 5.41) is 34.5. The van der Waals surface area contributed by atoms with Gasteiger partial charge in [-0.05, 0) is 12.1 Å². The molecule has 0 fully saturated rings. The molecule has 0 spiro atoms. The molecule has 0 radical (unpaired) electrons. The second kappa shape index (κ2) is 14.8. The van der Waals surface area contributed by atoms with Crippen LogP contribution in [-0.4, -0.2) is 99.3 Å². The molecule has 1 amide bonds. The molecule has 0 bridgehead atoms. The number of aliphatic carboxylic acids is 4. The summed E-state index contributed by atoms with van der Waals surface area (Å²) >= 11 is 3.63. The fourth-order valence-corrected chi connectivity index (χ4v) is 2.26. The van der Waals surface area contributed by atoms with Crippen LogP contribution in [-0.2, 0) is 19.2 Å². The third kappa shape index (κ3) is 13.9. The minimum Gasteiger partial charge on any atom is -0.480 e. The molecule has 0 aliphatic carbocycles. The molecule has 1 aromatic rings. The zero-order chi connectivity index (χ0) is 23.1. The zero-order valence-electron chi connectivity index (χ0n) is 15.8. The van der Waals surface area contributed by atoms with Crippen molar-refractivity contribution in [3.8, 4) is 0 Å². The number of hydrogen-bond acceptors (Lipinski definition) is 8. The van der Waals surface area contributed by atoms with Gasteiger partial charge >= 0.3 is 23.9 Å². The minimum absolute atomic E-state index is 0.0703. The van der Waals surface area contributed by atoms with E-state index < -0.39 is 50.1 Å². The summed E-state index contributed by atoms with van der Waals surface area (Å²) in [6, 6.07) is 8.92. The fourth-order valence-electron chi connectivity index (χ4n) is 2.13. The summed E-state index contributed by atoms with van der Waals surface area (Å²) in [5.74, 6) is -5.09. The van der Waals surface area contributed by atoms with Crippen molar-refractivity contribution in [2.45, 2.75) is 0 Å². The van der Waals surface area contributed by atoms with Crippen molar-refractivity contribution in [2.75, 3.05) is 39.3 Å². The fraction of sp³-hybridized carbons (Fsp3) is 0.353. The first-order valence-corrected chi connectivity index (χ1v) is 8.81. The predicted molar refractivity (Wildman–Crippen MR) is 106 cm³/mol. The van der Waals surface area contributed by atoms with Crippen molar-refractivity contribution in [3.63, 3.8) is 0 Å². The Kier molecular flexibility index (Phi) is 13.2. The van der Waals surface area contributed by atoms with Crippen LogP contribution in [0.2, 0.25) is 0 Å². The SMILES string of the molecule is O=C(NS)c1ccccc1.O=C(O)CN(CCN(CC(=O)O)CC(=O)O)CC(=O)O. The van der Waals surface area contributed by atoms with Crippen LogP contribution in [0.3, 0.4) is 0 Å². The van der Waals surface area contributed by atoms with E-state index in [9.17, 15) is 24.0 Å². The maximum absolute atomic E-state index is 10.8. The minimum atomic E-state index is -1.23. The van der Waals surface area contributed by atoms with Crippen LogP contribution in [0.25, 0.3) is 0 Å². The maximum Gasteiger partial charge on any atom is 0.317 e. The number of nitrogens with zero attached hydrogens (tertiary/aromatic N) is 2. The van der Waals surface area contributed by atoms with Gasteiger partial charge in [0.05, 0.1) is 26.2 Å². The summed E-state index contributed by atoms with van der Waals surface area (Å²) in [7, 11) is 0. The van der Waals surface area contributed by atoms with Gasteiger partial charge in [0.15, 0.2) is 0 Å². The van der Waals surface area contributed by atoms with Crippen molar-refractivity contribution in [1.29, 1.82) is 0 Å². The monoisotopic (exact) mass is 445 g/mol. The first-order chi connectivity index (χ1) is 14.0. The van der Waals surface area contributed by atoms with Crippen LogP contribution in [0.5, 0.6) is 0 Å². The molecule has 0 unspecified atom stereocenters. The summed E-state index contributed by atoms with van der Waals surface area (Å²) in [6.07, 6.45) is 0. The van der Waals surface area contributed by atoms with Gasteiger partial charge in [-0.3, -0.25) is 38.5 Å². The number of carbonyl (C=O) groups is 5. The van der Waals surface area contributed by atoms with Crippen LogP contribution in [0, 0.1) is 0 Å². The van der Waals surface area contributed by atoms with E-state index >= 15 is 0 Å². The molecule has 0 aromatic heterocycles. The molecular weight excluding hydrogens is 422 g/mol. The highest BCUT2D eigenvalue weighted by Crippen LogP contribution is 1.97. The molecule has 0 heterocycles. The molecule has 1 rings (SSSR count). The predicted octanol–water partition coefficient (Wildman–Crippen LogP) is -0.810. The largest absolute Gasteiger partial charge is 0.480 e. The average Bonchev–Trinajstić information content (AvgIpc) is 2.64. The van der Waals surface area contributed by atoms with Crippen molar-refractivity contribution < 1.29 is 44.4 Å². The van der Waals surface area contributed by atoms with Crippen LogP contribution >= 0.6 is 12.8 Å². The van der Waals surface area contributed by atoms with Crippen molar-refractivity contribution in [2.24, 2.45) is 0 Å². The van der Waals surface area contributed by atoms with Crippen molar-refractivity contribution in [1.82, 2.24) is 14.5 Å². The molecule has 0 atom stereocenters. The van der Waals surface area contributed by atoms with E-state index in [2.05, 4.69) is 17.5 Å². The Morgan fingerprint density at radius 2 is 1.03 bits per heavy atom. The number of carbonyl (C=O) groups excluding carboxylic acids is 1. The number of thiol groups is 1. The third-order valence-electron chi connectivity index (χ3n) is 3.31. The lowest BCUT2D eigenvalue weighted by Gasteiger charge is -2.23. The summed E-state index contributed by atoms with van der Waals surface area (Å²) in [5.41, 5.74) is 0.623. The maximum atomic E-state index is 10.8. The van der Waals surface area contributed by atoms with E-state index in [0.717, 1.165) is 9.80 Å². The molecule has 0 aliphatic heterocycles. The van der Waals surface area contributed by atoms with E-state index in [4.69, 9.17) is 20.4 Å². The first kappa shape index (κ1) is 26.8. The van der Waals surface area contributed by atoms with Gasteiger partial charge in [-0.15, -0.1) is 0 Å².